The second-order valence-electron chi connectivity index (χ2n) is 8.06. The van der Waals surface area contributed by atoms with Gasteiger partial charge in [0.05, 0.1) is 11.6 Å². The molecule has 7 heteroatoms. The van der Waals surface area contributed by atoms with Gasteiger partial charge in [0, 0.05) is 11.4 Å². The van der Waals surface area contributed by atoms with Crippen molar-refractivity contribution in [1.82, 2.24) is 5.32 Å². The topological polar surface area (TPSA) is 53.2 Å². The number of carbonyl (C=O) groups is 1. The van der Waals surface area contributed by atoms with E-state index in [1.54, 1.807) is 24.3 Å². The van der Waals surface area contributed by atoms with E-state index in [1.807, 2.05) is 34.6 Å². The monoisotopic (exact) mass is 467 g/mol. The lowest BCUT2D eigenvalue weighted by molar-refractivity contribution is 0.102. The summed E-state index contributed by atoms with van der Waals surface area (Å²) in [7, 11) is 0. The standard InChI is InChI=1S/C26H27F2N3OS/c1-14-16(3)24(31-26(33)29-18(5)19-10-12-20(27)13-11-19)17(4)15(2)23(14)30-25(32)21-8-6-7-9-22(21)28/h6-13,18H,1-5H3,(H,30,32)(H2,29,31,33). The van der Waals surface area contributed by atoms with Gasteiger partial charge in [0.15, 0.2) is 5.11 Å². The van der Waals surface area contributed by atoms with Gasteiger partial charge in [0.1, 0.15) is 11.6 Å². The van der Waals surface area contributed by atoms with Gasteiger partial charge in [-0.2, -0.15) is 0 Å². The van der Waals surface area contributed by atoms with Gasteiger partial charge >= 0.3 is 0 Å². The van der Waals surface area contributed by atoms with Gasteiger partial charge in [-0.25, -0.2) is 8.78 Å². The SMILES string of the molecule is Cc1c(C)c(NC(=S)NC(C)c2ccc(F)cc2)c(C)c(C)c1NC(=O)c1ccccc1F. The molecule has 172 valence electrons. The lowest BCUT2D eigenvalue weighted by Gasteiger charge is -2.24. The van der Waals surface area contributed by atoms with Crippen LogP contribution in [0.25, 0.3) is 0 Å². The van der Waals surface area contributed by atoms with Crippen molar-refractivity contribution in [2.45, 2.75) is 40.7 Å². The van der Waals surface area contributed by atoms with Crippen LogP contribution in [0.15, 0.2) is 48.5 Å². The number of nitrogens with one attached hydrogen (secondary N) is 3. The summed E-state index contributed by atoms with van der Waals surface area (Å²) >= 11 is 5.52. The molecular formula is C26H27F2N3OS. The molecule has 0 saturated carbocycles. The van der Waals surface area contributed by atoms with Gasteiger partial charge in [-0.05, 0) is 98.9 Å². The summed E-state index contributed by atoms with van der Waals surface area (Å²) in [5, 5.41) is 9.79. The van der Waals surface area contributed by atoms with Crippen LogP contribution in [0, 0.1) is 39.3 Å². The van der Waals surface area contributed by atoms with E-state index in [-0.39, 0.29) is 17.4 Å². The molecule has 3 aromatic carbocycles. The highest BCUT2D eigenvalue weighted by Crippen LogP contribution is 2.34. The molecule has 1 unspecified atom stereocenters. The Morgan fingerprint density at radius 1 is 0.818 bits per heavy atom. The van der Waals surface area contributed by atoms with Crippen molar-refractivity contribution in [1.29, 1.82) is 0 Å². The Morgan fingerprint density at radius 3 is 1.88 bits per heavy atom. The van der Waals surface area contributed by atoms with Crippen LogP contribution in [0.1, 0.15) is 51.1 Å². The van der Waals surface area contributed by atoms with E-state index in [1.165, 1.54) is 24.3 Å². The Bertz CT molecular complexity index is 1180. The van der Waals surface area contributed by atoms with Crippen molar-refractivity contribution in [3.63, 3.8) is 0 Å². The Hall–Kier alpha value is -3.32. The maximum absolute atomic E-state index is 14.0. The number of rotatable bonds is 5. The van der Waals surface area contributed by atoms with Crippen LogP contribution in [0.3, 0.4) is 0 Å². The molecular weight excluding hydrogens is 440 g/mol. The third kappa shape index (κ3) is 5.37. The zero-order chi connectivity index (χ0) is 24.3. The molecule has 0 radical (unpaired) electrons. The fourth-order valence-electron chi connectivity index (χ4n) is 3.69. The van der Waals surface area contributed by atoms with Gasteiger partial charge in [0.2, 0.25) is 0 Å². The minimum atomic E-state index is -0.566. The largest absolute Gasteiger partial charge is 0.356 e. The van der Waals surface area contributed by atoms with E-state index in [9.17, 15) is 13.6 Å². The van der Waals surface area contributed by atoms with Crippen LogP contribution in [-0.4, -0.2) is 11.0 Å². The van der Waals surface area contributed by atoms with E-state index in [4.69, 9.17) is 12.2 Å². The summed E-state index contributed by atoms with van der Waals surface area (Å²) in [6, 6.07) is 12.0. The van der Waals surface area contributed by atoms with Gasteiger partial charge < -0.3 is 16.0 Å². The highest BCUT2D eigenvalue weighted by Gasteiger charge is 2.19. The number of halogens is 2. The zero-order valence-corrected chi connectivity index (χ0v) is 20.1. The van der Waals surface area contributed by atoms with Crippen molar-refractivity contribution in [2.75, 3.05) is 10.6 Å². The number of amides is 1. The molecule has 0 aliphatic rings. The second kappa shape index (κ2) is 10.1. The molecule has 0 spiro atoms. The smallest absolute Gasteiger partial charge is 0.258 e. The van der Waals surface area contributed by atoms with Crippen molar-refractivity contribution in [3.05, 3.63) is 93.5 Å². The highest BCUT2D eigenvalue weighted by atomic mass is 32.1. The second-order valence-corrected chi connectivity index (χ2v) is 8.46. The molecule has 3 aromatic rings. The molecule has 0 fully saturated rings. The predicted molar refractivity (Wildman–Crippen MR) is 134 cm³/mol. The molecule has 0 bridgehead atoms. The van der Waals surface area contributed by atoms with E-state index < -0.39 is 11.7 Å². The molecule has 0 saturated heterocycles. The number of benzene rings is 3. The number of anilines is 2. The van der Waals surface area contributed by atoms with Gasteiger partial charge in [-0.3, -0.25) is 4.79 Å². The third-order valence-corrected chi connectivity index (χ3v) is 6.16. The van der Waals surface area contributed by atoms with Gasteiger partial charge in [-0.15, -0.1) is 0 Å². The van der Waals surface area contributed by atoms with E-state index in [0.717, 1.165) is 33.5 Å². The number of hydrogen-bond donors (Lipinski definition) is 3. The first-order chi connectivity index (χ1) is 15.6. The molecule has 3 rings (SSSR count). The van der Waals surface area contributed by atoms with Crippen molar-refractivity contribution in [2.24, 2.45) is 0 Å². The molecule has 0 aromatic heterocycles. The van der Waals surface area contributed by atoms with Crippen LogP contribution < -0.4 is 16.0 Å². The molecule has 0 aliphatic heterocycles. The molecule has 0 heterocycles. The Kier molecular flexibility index (Phi) is 7.43. The first kappa shape index (κ1) is 24.3. The average Bonchev–Trinajstić information content (AvgIpc) is 2.78. The lowest BCUT2D eigenvalue weighted by Crippen LogP contribution is -2.31. The Balaban J connectivity index is 1.81. The third-order valence-electron chi connectivity index (χ3n) is 5.94. The Labute approximate surface area is 198 Å². The van der Waals surface area contributed by atoms with E-state index in [2.05, 4.69) is 16.0 Å². The Morgan fingerprint density at radius 2 is 1.33 bits per heavy atom. The predicted octanol–water partition coefficient (Wildman–Crippen LogP) is 6.50. The van der Waals surface area contributed by atoms with Crippen LogP contribution >= 0.6 is 12.2 Å². The van der Waals surface area contributed by atoms with Crippen LogP contribution in [0.4, 0.5) is 20.2 Å². The summed E-state index contributed by atoms with van der Waals surface area (Å²) in [5.41, 5.74) is 5.96. The first-order valence-corrected chi connectivity index (χ1v) is 11.0. The quantitative estimate of drug-likeness (QED) is 0.375. The molecule has 3 N–H and O–H groups in total. The summed E-state index contributed by atoms with van der Waals surface area (Å²) in [5.74, 6) is -1.35. The van der Waals surface area contributed by atoms with Crippen molar-refractivity contribution in [3.8, 4) is 0 Å². The molecule has 33 heavy (non-hydrogen) atoms. The first-order valence-electron chi connectivity index (χ1n) is 10.6. The molecule has 4 nitrogen and oxygen atoms in total. The average molecular weight is 468 g/mol. The fraction of sp³-hybridized carbons (Fsp3) is 0.231. The minimum Gasteiger partial charge on any atom is -0.356 e. The number of thiocarbonyl (C=S) groups is 1. The van der Waals surface area contributed by atoms with Gasteiger partial charge in [0.25, 0.3) is 5.91 Å². The zero-order valence-electron chi connectivity index (χ0n) is 19.3. The van der Waals surface area contributed by atoms with E-state index in [0.29, 0.717) is 10.8 Å². The van der Waals surface area contributed by atoms with Crippen LogP contribution in [0.5, 0.6) is 0 Å². The summed E-state index contributed by atoms with van der Waals surface area (Å²) in [6.45, 7) is 9.63. The molecule has 1 atom stereocenters. The van der Waals surface area contributed by atoms with Crippen LogP contribution in [0.2, 0.25) is 0 Å². The van der Waals surface area contributed by atoms with Crippen molar-refractivity contribution >= 4 is 34.6 Å². The summed E-state index contributed by atoms with van der Waals surface area (Å²) in [6.07, 6.45) is 0. The summed E-state index contributed by atoms with van der Waals surface area (Å²) < 4.78 is 27.2. The molecule has 0 aliphatic carbocycles. The fourth-order valence-corrected chi connectivity index (χ4v) is 3.97. The maximum Gasteiger partial charge on any atom is 0.258 e. The highest BCUT2D eigenvalue weighted by molar-refractivity contribution is 7.80. The summed E-state index contributed by atoms with van der Waals surface area (Å²) in [4.78, 5) is 12.7. The number of carbonyl (C=O) groups excluding carboxylic acids is 1. The number of hydrogen-bond acceptors (Lipinski definition) is 2. The van der Waals surface area contributed by atoms with E-state index >= 15 is 0 Å². The van der Waals surface area contributed by atoms with Crippen molar-refractivity contribution < 1.29 is 13.6 Å². The van der Waals surface area contributed by atoms with Gasteiger partial charge in [-0.1, -0.05) is 24.3 Å². The lowest BCUT2D eigenvalue weighted by atomic mass is 9.95. The maximum atomic E-state index is 14.0. The van der Waals surface area contributed by atoms with Crippen LogP contribution in [-0.2, 0) is 0 Å². The normalized spacial score (nSPS) is 11.6. The molecule has 1 amide bonds. The minimum absolute atomic E-state index is 0.00559.